The zero-order valence-electron chi connectivity index (χ0n) is 11.0. The Bertz CT molecular complexity index is 411. The van der Waals surface area contributed by atoms with Crippen LogP contribution in [0.25, 0.3) is 0 Å². The summed E-state index contributed by atoms with van der Waals surface area (Å²) in [4.78, 5) is 12.7. The van der Waals surface area contributed by atoms with E-state index in [1.807, 2.05) is 12.1 Å². The number of hydrogen-bond acceptors (Lipinski definition) is 2. The van der Waals surface area contributed by atoms with E-state index in [-0.39, 0.29) is 12.2 Å². The Balaban J connectivity index is 1.74. The van der Waals surface area contributed by atoms with Crippen molar-refractivity contribution in [3.05, 3.63) is 35.6 Å². The molecule has 104 valence electrons. The van der Waals surface area contributed by atoms with Crippen LogP contribution < -0.4 is 0 Å². The number of piperidine rings is 1. The lowest BCUT2D eigenvalue weighted by Gasteiger charge is -2.31. The van der Waals surface area contributed by atoms with Crippen LogP contribution >= 0.6 is 0 Å². The third kappa shape index (κ3) is 4.63. The van der Waals surface area contributed by atoms with E-state index in [1.54, 1.807) is 0 Å². The molecule has 1 aromatic carbocycles. The summed E-state index contributed by atoms with van der Waals surface area (Å²) in [5, 5.41) is 8.66. The molecule has 19 heavy (non-hydrogen) atoms. The monoisotopic (exact) mass is 265 g/mol. The lowest BCUT2D eigenvalue weighted by atomic mass is 9.90. The van der Waals surface area contributed by atoms with Gasteiger partial charge < -0.3 is 10.0 Å². The molecular weight excluding hydrogens is 245 g/mol. The summed E-state index contributed by atoms with van der Waals surface area (Å²) in [5.74, 6) is -0.285. The lowest BCUT2D eigenvalue weighted by Crippen LogP contribution is -2.35. The van der Waals surface area contributed by atoms with Gasteiger partial charge in [0.05, 0.1) is 6.42 Å². The number of carboxylic acids is 1. The normalized spacial score (nSPS) is 17.5. The maximum atomic E-state index is 12.8. The van der Waals surface area contributed by atoms with Gasteiger partial charge in [0.1, 0.15) is 5.82 Å². The van der Waals surface area contributed by atoms with Gasteiger partial charge in [-0.3, -0.25) is 4.79 Å². The molecule has 3 nitrogen and oxygen atoms in total. The van der Waals surface area contributed by atoms with Gasteiger partial charge in [-0.2, -0.15) is 0 Å². The van der Waals surface area contributed by atoms with Crippen molar-refractivity contribution in [1.29, 1.82) is 0 Å². The third-order valence-electron chi connectivity index (χ3n) is 3.79. The first-order chi connectivity index (χ1) is 9.13. The molecule has 0 aliphatic carbocycles. The summed E-state index contributed by atoms with van der Waals surface area (Å²) in [5.41, 5.74) is 1.19. The Hall–Kier alpha value is -1.42. The molecule has 1 N–H and O–H groups in total. The van der Waals surface area contributed by atoms with Gasteiger partial charge in [-0.1, -0.05) is 12.1 Å². The van der Waals surface area contributed by atoms with E-state index < -0.39 is 5.97 Å². The van der Waals surface area contributed by atoms with Crippen LogP contribution in [0.4, 0.5) is 4.39 Å². The minimum atomic E-state index is -0.728. The Morgan fingerprint density at radius 3 is 2.47 bits per heavy atom. The average molecular weight is 265 g/mol. The second-order valence-corrected chi connectivity index (χ2v) is 5.26. The molecule has 0 radical (unpaired) electrons. The van der Waals surface area contributed by atoms with E-state index in [2.05, 4.69) is 4.90 Å². The van der Waals surface area contributed by atoms with Crippen molar-refractivity contribution in [1.82, 2.24) is 4.90 Å². The van der Waals surface area contributed by atoms with Gasteiger partial charge in [-0.05, 0) is 56.0 Å². The molecule has 1 heterocycles. The van der Waals surface area contributed by atoms with Crippen LogP contribution in [0.1, 0.15) is 24.8 Å². The summed E-state index contributed by atoms with van der Waals surface area (Å²) in [6, 6.07) is 6.73. The fourth-order valence-corrected chi connectivity index (χ4v) is 2.62. The van der Waals surface area contributed by atoms with Crippen molar-refractivity contribution >= 4 is 5.97 Å². The van der Waals surface area contributed by atoms with Crippen LogP contribution in [0.15, 0.2) is 24.3 Å². The van der Waals surface area contributed by atoms with E-state index in [0.717, 1.165) is 32.4 Å². The zero-order valence-corrected chi connectivity index (χ0v) is 11.0. The molecule has 1 fully saturated rings. The Morgan fingerprint density at radius 1 is 1.26 bits per heavy atom. The summed E-state index contributed by atoms with van der Waals surface area (Å²) >= 11 is 0. The van der Waals surface area contributed by atoms with Crippen LogP contribution in [-0.2, 0) is 11.2 Å². The number of hydrogen-bond donors (Lipinski definition) is 1. The summed E-state index contributed by atoms with van der Waals surface area (Å²) < 4.78 is 12.8. The highest BCUT2D eigenvalue weighted by atomic mass is 19.1. The molecule has 0 spiro atoms. The van der Waals surface area contributed by atoms with E-state index in [4.69, 9.17) is 5.11 Å². The standard InChI is InChI=1S/C15H20FNO2/c16-14-3-1-12(2-4-14)11-13-5-8-17(9-6-13)10-7-15(18)19/h1-4,13H,5-11H2,(H,18,19). The molecule has 2 rings (SSSR count). The minimum absolute atomic E-state index is 0.188. The first-order valence-corrected chi connectivity index (χ1v) is 6.82. The summed E-state index contributed by atoms with van der Waals surface area (Å²) in [7, 11) is 0. The van der Waals surface area contributed by atoms with Crippen LogP contribution in [-0.4, -0.2) is 35.6 Å². The number of rotatable bonds is 5. The van der Waals surface area contributed by atoms with E-state index >= 15 is 0 Å². The SMILES string of the molecule is O=C(O)CCN1CCC(Cc2ccc(F)cc2)CC1. The third-order valence-corrected chi connectivity index (χ3v) is 3.79. The highest BCUT2D eigenvalue weighted by molar-refractivity contribution is 5.66. The second kappa shape index (κ2) is 6.66. The molecular formula is C15H20FNO2. The van der Waals surface area contributed by atoms with E-state index in [0.29, 0.717) is 12.5 Å². The van der Waals surface area contributed by atoms with Crippen LogP contribution in [0, 0.1) is 11.7 Å². The van der Waals surface area contributed by atoms with Crippen molar-refractivity contribution in [2.24, 2.45) is 5.92 Å². The number of carboxylic acid groups (broad SMARTS) is 1. The van der Waals surface area contributed by atoms with Gasteiger partial charge in [-0.25, -0.2) is 4.39 Å². The number of halogens is 1. The minimum Gasteiger partial charge on any atom is -0.481 e. The average Bonchev–Trinajstić information content (AvgIpc) is 2.40. The first-order valence-electron chi connectivity index (χ1n) is 6.82. The number of nitrogens with zero attached hydrogens (tertiary/aromatic N) is 1. The highest BCUT2D eigenvalue weighted by Crippen LogP contribution is 2.21. The predicted molar refractivity (Wildman–Crippen MR) is 71.5 cm³/mol. The maximum Gasteiger partial charge on any atom is 0.304 e. The topological polar surface area (TPSA) is 40.5 Å². The maximum absolute atomic E-state index is 12.8. The molecule has 0 aromatic heterocycles. The van der Waals surface area contributed by atoms with Crippen molar-refractivity contribution in [3.8, 4) is 0 Å². The van der Waals surface area contributed by atoms with E-state index in [1.165, 1.54) is 17.7 Å². The van der Waals surface area contributed by atoms with Crippen molar-refractivity contribution < 1.29 is 14.3 Å². The molecule has 0 saturated carbocycles. The first kappa shape index (κ1) is 14.0. The Morgan fingerprint density at radius 2 is 1.89 bits per heavy atom. The van der Waals surface area contributed by atoms with Crippen molar-refractivity contribution in [2.75, 3.05) is 19.6 Å². The van der Waals surface area contributed by atoms with Crippen LogP contribution in [0.2, 0.25) is 0 Å². The molecule has 0 unspecified atom stereocenters. The largest absolute Gasteiger partial charge is 0.481 e. The van der Waals surface area contributed by atoms with Gasteiger partial charge in [0.15, 0.2) is 0 Å². The second-order valence-electron chi connectivity index (χ2n) is 5.26. The van der Waals surface area contributed by atoms with Crippen molar-refractivity contribution in [2.45, 2.75) is 25.7 Å². The highest BCUT2D eigenvalue weighted by Gasteiger charge is 2.19. The molecule has 0 atom stereocenters. The lowest BCUT2D eigenvalue weighted by molar-refractivity contribution is -0.137. The van der Waals surface area contributed by atoms with Gasteiger partial charge in [0, 0.05) is 6.54 Å². The summed E-state index contributed by atoms with van der Waals surface area (Å²) in [6.45, 7) is 2.59. The molecule has 0 bridgehead atoms. The number of benzene rings is 1. The van der Waals surface area contributed by atoms with E-state index in [9.17, 15) is 9.18 Å². The fourth-order valence-electron chi connectivity index (χ4n) is 2.62. The number of likely N-dealkylation sites (tertiary alicyclic amines) is 1. The molecule has 1 saturated heterocycles. The Kier molecular flexibility index (Phi) is 4.91. The van der Waals surface area contributed by atoms with Gasteiger partial charge in [0.2, 0.25) is 0 Å². The number of carbonyl (C=O) groups is 1. The zero-order chi connectivity index (χ0) is 13.7. The quantitative estimate of drug-likeness (QED) is 0.889. The van der Waals surface area contributed by atoms with Gasteiger partial charge in [0.25, 0.3) is 0 Å². The van der Waals surface area contributed by atoms with Crippen molar-refractivity contribution in [3.63, 3.8) is 0 Å². The van der Waals surface area contributed by atoms with Crippen LogP contribution in [0.5, 0.6) is 0 Å². The Labute approximate surface area is 113 Å². The fraction of sp³-hybridized carbons (Fsp3) is 0.533. The summed E-state index contributed by atoms with van der Waals surface area (Å²) in [6.07, 6.45) is 3.41. The molecule has 1 aliphatic rings. The molecule has 1 aliphatic heterocycles. The van der Waals surface area contributed by atoms with Gasteiger partial charge in [-0.15, -0.1) is 0 Å². The molecule has 0 amide bonds. The number of aliphatic carboxylic acids is 1. The predicted octanol–water partition coefficient (Wildman–Crippen LogP) is 2.55. The van der Waals surface area contributed by atoms with Gasteiger partial charge >= 0.3 is 5.97 Å². The smallest absolute Gasteiger partial charge is 0.304 e. The van der Waals surface area contributed by atoms with Crippen LogP contribution in [0.3, 0.4) is 0 Å². The molecule has 1 aromatic rings. The molecule has 4 heteroatoms.